The molecular weight excluding hydrogens is 252 g/mol. The van der Waals surface area contributed by atoms with Gasteiger partial charge >= 0.3 is 0 Å². The summed E-state index contributed by atoms with van der Waals surface area (Å²) in [5.41, 5.74) is 2.03. The first-order chi connectivity index (χ1) is 9.67. The zero-order valence-corrected chi connectivity index (χ0v) is 12.7. The van der Waals surface area contributed by atoms with Gasteiger partial charge in [-0.2, -0.15) is 0 Å². The molecule has 4 nitrogen and oxygen atoms in total. The van der Waals surface area contributed by atoms with E-state index in [1.807, 2.05) is 31.2 Å². The summed E-state index contributed by atoms with van der Waals surface area (Å²) in [5.74, 6) is -0.108. The van der Waals surface area contributed by atoms with E-state index in [0.717, 1.165) is 25.1 Å². The van der Waals surface area contributed by atoms with Crippen LogP contribution in [0, 0.1) is 0 Å². The van der Waals surface area contributed by atoms with Crippen LogP contribution in [0.4, 0.5) is 5.69 Å². The zero-order valence-electron chi connectivity index (χ0n) is 12.7. The van der Waals surface area contributed by atoms with Crippen LogP contribution in [0.1, 0.15) is 45.2 Å². The fourth-order valence-corrected chi connectivity index (χ4v) is 1.84. The first-order valence-corrected chi connectivity index (χ1v) is 7.38. The van der Waals surface area contributed by atoms with E-state index in [9.17, 15) is 4.79 Å². The van der Waals surface area contributed by atoms with E-state index in [4.69, 9.17) is 4.74 Å². The summed E-state index contributed by atoms with van der Waals surface area (Å²) in [6.07, 6.45) is 2.04. The second kappa shape index (κ2) is 9.50. The van der Waals surface area contributed by atoms with Crippen LogP contribution >= 0.6 is 0 Å². The number of ether oxygens (including phenoxy) is 1. The molecule has 0 saturated carbocycles. The van der Waals surface area contributed by atoms with Gasteiger partial charge < -0.3 is 15.4 Å². The number of anilines is 1. The molecule has 0 bridgehead atoms. The summed E-state index contributed by atoms with van der Waals surface area (Å²) in [5, 5.41) is 6.26. The molecule has 0 fully saturated rings. The van der Waals surface area contributed by atoms with Gasteiger partial charge in [0.2, 0.25) is 5.91 Å². The summed E-state index contributed by atoms with van der Waals surface area (Å²) in [7, 11) is 0. The highest BCUT2D eigenvalue weighted by atomic mass is 16.5. The van der Waals surface area contributed by atoms with Crippen molar-refractivity contribution in [1.29, 1.82) is 0 Å². The predicted octanol–water partition coefficient (Wildman–Crippen LogP) is 3.11. The molecule has 20 heavy (non-hydrogen) atoms. The highest BCUT2D eigenvalue weighted by molar-refractivity contribution is 5.91. The van der Waals surface area contributed by atoms with Gasteiger partial charge in [-0.25, -0.2) is 0 Å². The van der Waals surface area contributed by atoms with Crippen molar-refractivity contribution in [2.75, 3.05) is 25.1 Å². The lowest BCUT2D eigenvalue weighted by molar-refractivity contribution is -0.120. The molecule has 4 heteroatoms. The van der Waals surface area contributed by atoms with E-state index in [0.29, 0.717) is 12.6 Å². The number of amides is 1. The second-order valence-corrected chi connectivity index (χ2v) is 4.90. The van der Waals surface area contributed by atoms with Gasteiger partial charge in [-0.05, 0) is 44.0 Å². The molecule has 112 valence electrons. The molecule has 0 heterocycles. The van der Waals surface area contributed by atoms with Crippen LogP contribution in [-0.2, 0) is 9.53 Å². The number of hydrogen-bond donors (Lipinski definition) is 2. The molecule has 0 aromatic heterocycles. The highest BCUT2D eigenvalue weighted by Crippen LogP contribution is 2.16. The Morgan fingerprint density at radius 3 is 2.50 bits per heavy atom. The molecule has 1 aromatic carbocycles. The van der Waals surface area contributed by atoms with E-state index >= 15 is 0 Å². The molecule has 1 amide bonds. The van der Waals surface area contributed by atoms with E-state index in [1.54, 1.807) is 0 Å². The number of hydrogen-bond acceptors (Lipinski definition) is 3. The third kappa shape index (κ3) is 6.17. The maximum Gasteiger partial charge on any atom is 0.250 e. The van der Waals surface area contributed by atoms with Crippen LogP contribution in [-0.4, -0.2) is 25.7 Å². The highest BCUT2D eigenvalue weighted by Gasteiger charge is 2.05. The van der Waals surface area contributed by atoms with Crippen LogP contribution in [0.2, 0.25) is 0 Å². The fraction of sp³-hybridized carbons (Fsp3) is 0.562. The van der Waals surface area contributed by atoms with E-state index in [2.05, 4.69) is 24.5 Å². The third-order valence-electron chi connectivity index (χ3n) is 2.98. The monoisotopic (exact) mass is 278 g/mol. The van der Waals surface area contributed by atoms with E-state index in [1.165, 1.54) is 5.56 Å². The topological polar surface area (TPSA) is 50.4 Å². The summed E-state index contributed by atoms with van der Waals surface area (Å²) >= 11 is 0. The molecule has 0 spiro atoms. The van der Waals surface area contributed by atoms with Crippen molar-refractivity contribution in [3.05, 3.63) is 29.8 Å². The first kappa shape index (κ1) is 16.7. The van der Waals surface area contributed by atoms with Crippen LogP contribution in [0.15, 0.2) is 24.3 Å². The minimum atomic E-state index is -0.108. The number of benzene rings is 1. The van der Waals surface area contributed by atoms with Crippen molar-refractivity contribution >= 4 is 11.6 Å². The molecule has 1 atom stereocenters. The Morgan fingerprint density at radius 1 is 1.20 bits per heavy atom. The maximum atomic E-state index is 11.6. The second-order valence-electron chi connectivity index (χ2n) is 4.90. The standard InChI is InChI=1S/C16H26N2O2/c1-4-10-17-13(3)14-6-8-15(9-7-14)18-16(19)12-20-11-5-2/h6-9,13,17H,4-5,10-12H2,1-3H3,(H,18,19). The lowest BCUT2D eigenvalue weighted by atomic mass is 10.1. The Kier molecular flexibility index (Phi) is 7.92. The molecule has 0 aliphatic rings. The summed E-state index contributed by atoms with van der Waals surface area (Å²) in [4.78, 5) is 11.6. The van der Waals surface area contributed by atoms with Crippen molar-refractivity contribution < 1.29 is 9.53 Å². The molecule has 1 aromatic rings. The Hall–Kier alpha value is -1.39. The molecule has 0 aliphatic heterocycles. The Bertz CT molecular complexity index is 390. The maximum absolute atomic E-state index is 11.6. The average Bonchev–Trinajstić information content (AvgIpc) is 2.46. The minimum absolute atomic E-state index is 0.108. The number of nitrogens with one attached hydrogen (secondary N) is 2. The lowest BCUT2D eigenvalue weighted by Crippen LogP contribution is -2.20. The van der Waals surface area contributed by atoms with Gasteiger partial charge in [-0.3, -0.25) is 4.79 Å². The Labute approximate surface area is 121 Å². The number of carbonyl (C=O) groups is 1. The first-order valence-electron chi connectivity index (χ1n) is 7.38. The summed E-state index contributed by atoms with van der Waals surface area (Å²) in [6.45, 7) is 8.05. The van der Waals surface area contributed by atoms with Gasteiger partial charge in [0.15, 0.2) is 0 Å². The van der Waals surface area contributed by atoms with Crippen LogP contribution < -0.4 is 10.6 Å². The van der Waals surface area contributed by atoms with Crippen LogP contribution in [0.5, 0.6) is 0 Å². The lowest BCUT2D eigenvalue weighted by Gasteiger charge is -2.14. The molecule has 0 saturated heterocycles. The molecule has 0 radical (unpaired) electrons. The van der Waals surface area contributed by atoms with Gasteiger partial charge in [-0.15, -0.1) is 0 Å². The molecule has 1 rings (SSSR count). The molecule has 0 aliphatic carbocycles. The van der Waals surface area contributed by atoms with Crippen molar-refractivity contribution in [2.45, 2.75) is 39.7 Å². The normalized spacial score (nSPS) is 12.2. The van der Waals surface area contributed by atoms with Gasteiger partial charge in [0.05, 0.1) is 0 Å². The Morgan fingerprint density at radius 2 is 1.90 bits per heavy atom. The summed E-state index contributed by atoms with van der Waals surface area (Å²) in [6, 6.07) is 8.26. The quantitative estimate of drug-likeness (QED) is 0.682. The summed E-state index contributed by atoms with van der Waals surface area (Å²) < 4.78 is 5.20. The van der Waals surface area contributed by atoms with Gasteiger partial charge in [-0.1, -0.05) is 26.0 Å². The molecule has 1 unspecified atom stereocenters. The van der Waals surface area contributed by atoms with E-state index in [-0.39, 0.29) is 12.5 Å². The van der Waals surface area contributed by atoms with Gasteiger partial charge in [0, 0.05) is 18.3 Å². The largest absolute Gasteiger partial charge is 0.372 e. The van der Waals surface area contributed by atoms with Gasteiger partial charge in [0.25, 0.3) is 0 Å². The smallest absolute Gasteiger partial charge is 0.250 e. The van der Waals surface area contributed by atoms with Crippen molar-refractivity contribution in [1.82, 2.24) is 5.32 Å². The van der Waals surface area contributed by atoms with Gasteiger partial charge in [0.1, 0.15) is 6.61 Å². The number of rotatable bonds is 9. The third-order valence-corrected chi connectivity index (χ3v) is 2.98. The minimum Gasteiger partial charge on any atom is -0.372 e. The van der Waals surface area contributed by atoms with Crippen LogP contribution in [0.3, 0.4) is 0 Å². The SMILES string of the molecule is CCCNC(C)c1ccc(NC(=O)COCCC)cc1. The fourth-order valence-electron chi connectivity index (χ4n) is 1.84. The Balaban J connectivity index is 2.43. The average molecular weight is 278 g/mol. The zero-order chi connectivity index (χ0) is 14.8. The predicted molar refractivity (Wildman–Crippen MR) is 82.9 cm³/mol. The van der Waals surface area contributed by atoms with E-state index < -0.39 is 0 Å². The molecular formula is C16H26N2O2. The van der Waals surface area contributed by atoms with Crippen molar-refractivity contribution in [3.63, 3.8) is 0 Å². The molecule has 2 N–H and O–H groups in total. The van der Waals surface area contributed by atoms with Crippen LogP contribution in [0.25, 0.3) is 0 Å². The van der Waals surface area contributed by atoms with Crippen molar-refractivity contribution in [2.24, 2.45) is 0 Å². The van der Waals surface area contributed by atoms with Crippen molar-refractivity contribution in [3.8, 4) is 0 Å². The number of carbonyl (C=O) groups excluding carboxylic acids is 1.